The van der Waals surface area contributed by atoms with Gasteiger partial charge in [0, 0.05) is 15.7 Å². The lowest BCUT2D eigenvalue weighted by molar-refractivity contribution is 0.478. The van der Waals surface area contributed by atoms with Crippen molar-refractivity contribution in [2.45, 2.75) is 6.92 Å². The zero-order chi connectivity index (χ0) is 13.1. The van der Waals surface area contributed by atoms with E-state index in [4.69, 9.17) is 22.2 Å². The van der Waals surface area contributed by atoms with Gasteiger partial charge in [0.2, 0.25) is 0 Å². The van der Waals surface area contributed by atoms with Gasteiger partial charge < -0.3 is 10.2 Å². The summed E-state index contributed by atoms with van der Waals surface area (Å²) >= 11 is 9.32. The Balaban J connectivity index is 2.39. The molecule has 18 heavy (non-hydrogen) atoms. The SMILES string of the molecule is Cc1ccnc(NN)c1Oc1cc(Cl)cc(Br)c1. The largest absolute Gasteiger partial charge is 0.453 e. The molecule has 0 bridgehead atoms. The Morgan fingerprint density at radius 2 is 2.17 bits per heavy atom. The summed E-state index contributed by atoms with van der Waals surface area (Å²) in [5.41, 5.74) is 3.43. The number of pyridine rings is 1. The number of hydrogen-bond acceptors (Lipinski definition) is 4. The highest BCUT2D eigenvalue weighted by atomic mass is 79.9. The zero-order valence-corrected chi connectivity index (χ0v) is 11.9. The summed E-state index contributed by atoms with van der Waals surface area (Å²) in [6.45, 7) is 1.91. The predicted octanol–water partition coefficient (Wildman–Crippen LogP) is 3.88. The van der Waals surface area contributed by atoms with Crippen LogP contribution in [0.15, 0.2) is 34.9 Å². The lowest BCUT2D eigenvalue weighted by Gasteiger charge is -2.12. The normalized spacial score (nSPS) is 10.2. The van der Waals surface area contributed by atoms with Gasteiger partial charge in [-0.05, 0) is 36.8 Å². The fraction of sp³-hybridized carbons (Fsp3) is 0.0833. The minimum atomic E-state index is 0.478. The highest BCUT2D eigenvalue weighted by Gasteiger charge is 2.09. The van der Waals surface area contributed by atoms with E-state index in [0.29, 0.717) is 22.3 Å². The lowest BCUT2D eigenvalue weighted by atomic mass is 10.2. The summed E-state index contributed by atoms with van der Waals surface area (Å²) in [5.74, 6) is 7.07. The molecule has 2 aromatic rings. The van der Waals surface area contributed by atoms with E-state index >= 15 is 0 Å². The fourth-order valence-corrected chi connectivity index (χ4v) is 2.31. The number of hydrogen-bond donors (Lipinski definition) is 2. The Morgan fingerprint density at radius 1 is 1.39 bits per heavy atom. The van der Waals surface area contributed by atoms with Crippen LogP contribution in [0.1, 0.15) is 5.56 Å². The van der Waals surface area contributed by atoms with Crippen molar-refractivity contribution in [2.75, 3.05) is 5.43 Å². The molecular weight excluding hydrogens is 318 g/mol. The predicted molar refractivity (Wildman–Crippen MR) is 76.0 cm³/mol. The lowest BCUT2D eigenvalue weighted by Crippen LogP contribution is -2.10. The van der Waals surface area contributed by atoms with Crippen molar-refractivity contribution >= 4 is 33.3 Å². The van der Waals surface area contributed by atoms with Gasteiger partial charge in [-0.2, -0.15) is 0 Å². The molecule has 0 atom stereocenters. The average Bonchev–Trinajstić information content (AvgIpc) is 2.30. The third-order valence-corrected chi connectivity index (χ3v) is 2.97. The average molecular weight is 329 g/mol. The molecule has 1 aromatic heterocycles. The molecule has 3 N–H and O–H groups in total. The summed E-state index contributed by atoms with van der Waals surface area (Å²) in [6.07, 6.45) is 1.66. The number of anilines is 1. The molecule has 0 saturated carbocycles. The van der Waals surface area contributed by atoms with E-state index in [9.17, 15) is 0 Å². The topological polar surface area (TPSA) is 60.2 Å². The first-order valence-electron chi connectivity index (χ1n) is 5.16. The second-order valence-electron chi connectivity index (χ2n) is 3.66. The molecule has 0 aliphatic heterocycles. The number of nitrogens with zero attached hydrogens (tertiary/aromatic N) is 1. The standard InChI is InChI=1S/C12H11BrClN3O/c1-7-2-3-16-12(17-15)11(7)18-10-5-8(13)4-9(14)6-10/h2-6H,15H2,1H3,(H,16,17). The van der Waals surface area contributed by atoms with Crippen LogP contribution in [0.3, 0.4) is 0 Å². The Morgan fingerprint density at radius 3 is 2.83 bits per heavy atom. The van der Waals surface area contributed by atoms with Crippen molar-refractivity contribution in [1.82, 2.24) is 4.98 Å². The van der Waals surface area contributed by atoms with Crippen LogP contribution in [0.2, 0.25) is 5.02 Å². The monoisotopic (exact) mass is 327 g/mol. The van der Waals surface area contributed by atoms with Crippen LogP contribution in [0.4, 0.5) is 5.82 Å². The summed E-state index contributed by atoms with van der Waals surface area (Å²) in [6, 6.07) is 7.17. The van der Waals surface area contributed by atoms with Crippen LogP contribution in [0.5, 0.6) is 11.5 Å². The van der Waals surface area contributed by atoms with Gasteiger partial charge >= 0.3 is 0 Å². The van der Waals surface area contributed by atoms with E-state index in [1.54, 1.807) is 18.3 Å². The van der Waals surface area contributed by atoms with Crippen LogP contribution in [0, 0.1) is 6.92 Å². The fourth-order valence-electron chi connectivity index (χ4n) is 1.48. The molecule has 1 aromatic carbocycles. The van der Waals surface area contributed by atoms with E-state index in [1.165, 1.54) is 0 Å². The molecule has 0 amide bonds. The maximum Gasteiger partial charge on any atom is 0.183 e. The van der Waals surface area contributed by atoms with Crippen LogP contribution >= 0.6 is 27.5 Å². The smallest absolute Gasteiger partial charge is 0.183 e. The number of aryl methyl sites for hydroxylation is 1. The van der Waals surface area contributed by atoms with Gasteiger partial charge in [0.05, 0.1) is 0 Å². The molecular formula is C12H11BrClN3O. The summed E-state index contributed by atoms with van der Waals surface area (Å²) in [5, 5.41) is 0.586. The quantitative estimate of drug-likeness (QED) is 0.663. The molecule has 0 fully saturated rings. The van der Waals surface area contributed by atoms with E-state index in [1.807, 2.05) is 19.1 Å². The second kappa shape index (κ2) is 5.56. The number of nitrogens with one attached hydrogen (secondary N) is 1. The van der Waals surface area contributed by atoms with E-state index in [2.05, 4.69) is 26.3 Å². The first kappa shape index (κ1) is 13.1. The minimum Gasteiger partial charge on any atom is -0.453 e. The first-order chi connectivity index (χ1) is 8.60. The van der Waals surface area contributed by atoms with Gasteiger partial charge in [-0.3, -0.25) is 0 Å². The van der Waals surface area contributed by atoms with Crippen molar-refractivity contribution in [3.8, 4) is 11.5 Å². The number of nitrogen functional groups attached to an aromatic ring is 1. The maximum atomic E-state index is 5.96. The number of benzene rings is 1. The molecule has 0 spiro atoms. The molecule has 2 rings (SSSR count). The van der Waals surface area contributed by atoms with Crippen LogP contribution in [0.25, 0.3) is 0 Å². The van der Waals surface area contributed by atoms with Gasteiger partial charge in [0.25, 0.3) is 0 Å². The number of ether oxygens (including phenoxy) is 1. The van der Waals surface area contributed by atoms with E-state index < -0.39 is 0 Å². The Kier molecular flexibility index (Phi) is 4.06. The van der Waals surface area contributed by atoms with Crippen molar-refractivity contribution < 1.29 is 4.74 Å². The molecule has 6 heteroatoms. The van der Waals surface area contributed by atoms with E-state index in [-0.39, 0.29) is 0 Å². The molecule has 0 aliphatic rings. The summed E-state index contributed by atoms with van der Waals surface area (Å²) in [4.78, 5) is 4.09. The number of aromatic nitrogens is 1. The molecule has 1 heterocycles. The number of nitrogens with two attached hydrogens (primary N) is 1. The Labute approximate surface area is 118 Å². The minimum absolute atomic E-state index is 0.478. The Hall–Kier alpha value is -1.30. The van der Waals surface area contributed by atoms with Crippen LogP contribution < -0.4 is 16.0 Å². The van der Waals surface area contributed by atoms with Gasteiger partial charge in [-0.1, -0.05) is 27.5 Å². The number of halogens is 2. The van der Waals surface area contributed by atoms with E-state index in [0.717, 1.165) is 10.0 Å². The van der Waals surface area contributed by atoms with Crippen LogP contribution in [-0.4, -0.2) is 4.98 Å². The highest BCUT2D eigenvalue weighted by molar-refractivity contribution is 9.10. The number of hydrazine groups is 1. The number of rotatable bonds is 3. The van der Waals surface area contributed by atoms with Crippen LogP contribution in [-0.2, 0) is 0 Å². The third-order valence-electron chi connectivity index (χ3n) is 2.29. The maximum absolute atomic E-state index is 5.96. The van der Waals surface area contributed by atoms with Gasteiger partial charge in [-0.25, -0.2) is 10.8 Å². The van der Waals surface area contributed by atoms with Crippen molar-refractivity contribution in [3.63, 3.8) is 0 Å². The van der Waals surface area contributed by atoms with Gasteiger partial charge in [0.1, 0.15) is 5.75 Å². The highest BCUT2D eigenvalue weighted by Crippen LogP contribution is 2.33. The Bertz CT molecular complexity index is 557. The molecule has 4 nitrogen and oxygen atoms in total. The first-order valence-corrected chi connectivity index (χ1v) is 6.33. The molecule has 0 aliphatic carbocycles. The van der Waals surface area contributed by atoms with Crippen molar-refractivity contribution in [3.05, 3.63) is 45.5 Å². The zero-order valence-electron chi connectivity index (χ0n) is 9.58. The van der Waals surface area contributed by atoms with Crippen molar-refractivity contribution in [1.29, 1.82) is 0 Å². The molecule has 0 saturated heterocycles. The molecule has 0 unspecified atom stereocenters. The molecule has 94 valence electrons. The molecule has 0 radical (unpaired) electrons. The van der Waals surface area contributed by atoms with Gasteiger partial charge in [-0.15, -0.1) is 0 Å². The third kappa shape index (κ3) is 2.93. The summed E-state index contributed by atoms with van der Waals surface area (Å²) in [7, 11) is 0. The second-order valence-corrected chi connectivity index (χ2v) is 5.01. The van der Waals surface area contributed by atoms with Gasteiger partial charge in [0.15, 0.2) is 11.6 Å². The summed E-state index contributed by atoms with van der Waals surface area (Å²) < 4.78 is 6.61. The van der Waals surface area contributed by atoms with Crippen molar-refractivity contribution in [2.24, 2.45) is 5.84 Å².